The van der Waals surface area contributed by atoms with Crippen LogP contribution in [0.3, 0.4) is 0 Å². The van der Waals surface area contributed by atoms with E-state index in [0.29, 0.717) is 17.7 Å². The normalized spacial score (nSPS) is 21.0. The molecule has 7 heteroatoms. The number of rotatable bonds is 1. The molecule has 0 aliphatic carbocycles. The van der Waals surface area contributed by atoms with Crippen LogP contribution >= 0.6 is 0 Å². The Bertz CT molecular complexity index is 659. The standard InChI is InChI=1S/C17H20N2O5/c1-17(2,3)24-16(22)18-8-9-23-10-13(18)19-14(20)11-6-4-5-7-12(11)15(19)21/h4-7,13H,8-10H2,1-3H3. The van der Waals surface area contributed by atoms with Crippen molar-refractivity contribution in [1.82, 2.24) is 9.80 Å². The lowest BCUT2D eigenvalue weighted by Crippen LogP contribution is -2.59. The summed E-state index contributed by atoms with van der Waals surface area (Å²) in [5, 5.41) is 0. The topological polar surface area (TPSA) is 76.2 Å². The van der Waals surface area contributed by atoms with Crippen LogP contribution in [0.25, 0.3) is 0 Å². The molecule has 0 radical (unpaired) electrons. The van der Waals surface area contributed by atoms with Gasteiger partial charge in [0.2, 0.25) is 0 Å². The SMILES string of the molecule is CC(C)(C)OC(=O)N1CCOCC1N1C(=O)c2ccccc2C1=O. The average molecular weight is 332 g/mol. The molecule has 24 heavy (non-hydrogen) atoms. The Hall–Kier alpha value is -2.41. The van der Waals surface area contributed by atoms with Gasteiger partial charge in [0.25, 0.3) is 11.8 Å². The monoisotopic (exact) mass is 332 g/mol. The lowest BCUT2D eigenvalue weighted by atomic mass is 10.1. The minimum atomic E-state index is -0.805. The first-order valence-electron chi connectivity index (χ1n) is 7.84. The van der Waals surface area contributed by atoms with E-state index in [0.717, 1.165) is 4.90 Å². The summed E-state index contributed by atoms with van der Waals surface area (Å²) in [5.74, 6) is -0.834. The van der Waals surface area contributed by atoms with Gasteiger partial charge in [-0.3, -0.25) is 19.4 Å². The molecule has 2 aliphatic heterocycles. The van der Waals surface area contributed by atoms with Crippen LogP contribution in [0, 0.1) is 0 Å². The van der Waals surface area contributed by atoms with Crippen molar-refractivity contribution in [2.45, 2.75) is 32.5 Å². The highest BCUT2D eigenvalue weighted by Gasteiger charge is 2.45. The number of morpholine rings is 1. The van der Waals surface area contributed by atoms with Crippen LogP contribution in [-0.2, 0) is 9.47 Å². The highest BCUT2D eigenvalue weighted by molar-refractivity contribution is 6.21. The smallest absolute Gasteiger partial charge is 0.412 e. The van der Waals surface area contributed by atoms with Crippen molar-refractivity contribution in [3.8, 4) is 0 Å². The Morgan fingerprint density at radius 1 is 1.17 bits per heavy atom. The van der Waals surface area contributed by atoms with Gasteiger partial charge in [0.15, 0.2) is 0 Å². The van der Waals surface area contributed by atoms with Crippen molar-refractivity contribution < 1.29 is 23.9 Å². The van der Waals surface area contributed by atoms with Crippen molar-refractivity contribution in [3.63, 3.8) is 0 Å². The van der Waals surface area contributed by atoms with Gasteiger partial charge in [0, 0.05) is 6.54 Å². The second-order valence-corrected chi connectivity index (χ2v) is 6.76. The van der Waals surface area contributed by atoms with Crippen LogP contribution < -0.4 is 0 Å². The predicted octanol–water partition coefficient (Wildman–Crippen LogP) is 1.88. The highest BCUT2D eigenvalue weighted by Crippen LogP contribution is 2.27. The van der Waals surface area contributed by atoms with Crippen molar-refractivity contribution in [2.24, 2.45) is 0 Å². The Kier molecular flexibility index (Phi) is 4.04. The molecule has 1 aromatic rings. The molecule has 128 valence electrons. The quantitative estimate of drug-likeness (QED) is 0.734. The summed E-state index contributed by atoms with van der Waals surface area (Å²) in [6.45, 7) is 5.96. The molecule has 1 fully saturated rings. The van der Waals surface area contributed by atoms with E-state index in [1.807, 2.05) is 0 Å². The summed E-state index contributed by atoms with van der Waals surface area (Å²) in [6.07, 6.45) is -1.37. The minimum absolute atomic E-state index is 0.0741. The van der Waals surface area contributed by atoms with E-state index in [1.165, 1.54) is 4.90 Å². The molecule has 0 spiro atoms. The van der Waals surface area contributed by atoms with E-state index in [1.54, 1.807) is 45.0 Å². The highest BCUT2D eigenvalue weighted by atomic mass is 16.6. The van der Waals surface area contributed by atoms with E-state index in [-0.39, 0.29) is 13.2 Å². The van der Waals surface area contributed by atoms with Gasteiger partial charge in [-0.2, -0.15) is 0 Å². The fourth-order valence-electron chi connectivity index (χ4n) is 2.82. The lowest BCUT2D eigenvalue weighted by Gasteiger charge is -2.39. The van der Waals surface area contributed by atoms with Crippen LogP contribution in [0.1, 0.15) is 41.5 Å². The Morgan fingerprint density at radius 3 is 2.29 bits per heavy atom. The van der Waals surface area contributed by atoms with Gasteiger partial charge in [0.1, 0.15) is 11.8 Å². The number of carbonyl (C=O) groups is 3. The second kappa shape index (κ2) is 5.90. The summed E-state index contributed by atoms with van der Waals surface area (Å²) in [5.41, 5.74) is 0.0245. The number of ether oxygens (including phenoxy) is 2. The lowest BCUT2D eigenvalue weighted by molar-refractivity contribution is -0.0632. The van der Waals surface area contributed by atoms with Crippen LogP contribution in [-0.4, -0.2) is 59.2 Å². The van der Waals surface area contributed by atoms with E-state index in [9.17, 15) is 14.4 Å². The maximum absolute atomic E-state index is 12.6. The molecule has 3 rings (SSSR count). The molecule has 2 aliphatic rings. The van der Waals surface area contributed by atoms with Crippen LogP contribution in [0.4, 0.5) is 4.79 Å². The van der Waals surface area contributed by atoms with Crippen LogP contribution in [0.15, 0.2) is 24.3 Å². The molecule has 0 aromatic heterocycles. The number of nitrogens with zero attached hydrogens (tertiary/aromatic N) is 2. The van der Waals surface area contributed by atoms with Crippen molar-refractivity contribution in [3.05, 3.63) is 35.4 Å². The van der Waals surface area contributed by atoms with Gasteiger partial charge in [-0.05, 0) is 32.9 Å². The molecular formula is C17H20N2O5. The molecule has 1 unspecified atom stereocenters. The van der Waals surface area contributed by atoms with E-state index in [2.05, 4.69) is 0 Å². The van der Waals surface area contributed by atoms with Crippen molar-refractivity contribution in [1.29, 1.82) is 0 Å². The summed E-state index contributed by atoms with van der Waals surface area (Å²) in [4.78, 5) is 40.2. The fourth-order valence-corrected chi connectivity index (χ4v) is 2.82. The van der Waals surface area contributed by atoms with Crippen molar-refractivity contribution in [2.75, 3.05) is 19.8 Å². The minimum Gasteiger partial charge on any atom is -0.444 e. The third-order valence-corrected chi connectivity index (χ3v) is 3.85. The average Bonchev–Trinajstić information content (AvgIpc) is 2.78. The number of carbonyl (C=O) groups excluding carboxylic acids is 3. The zero-order valence-corrected chi connectivity index (χ0v) is 13.9. The molecule has 7 nitrogen and oxygen atoms in total. The maximum atomic E-state index is 12.6. The summed E-state index contributed by atoms with van der Waals surface area (Å²) >= 11 is 0. The molecular weight excluding hydrogens is 312 g/mol. The molecule has 0 saturated carbocycles. The van der Waals surface area contributed by atoms with E-state index in [4.69, 9.17) is 9.47 Å². The van der Waals surface area contributed by atoms with Crippen LogP contribution in [0.2, 0.25) is 0 Å². The second-order valence-electron chi connectivity index (χ2n) is 6.76. The first-order valence-corrected chi connectivity index (χ1v) is 7.84. The molecule has 1 atom stereocenters. The Balaban J connectivity index is 1.88. The van der Waals surface area contributed by atoms with E-state index >= 15 is 0 Å². The first kappa shape index (κ1) is 16.4. The predicted molar refractivity (Wildman–Crippen MR) is 84.5 cm³/mol. The van der Waals surface area contributed by atoms with E-state index < -0.39 is 29.7 Å². The number of benzene rings is 1. The summed E-state index contributed by atoms with van der Waals surface area (Å²) in [6, 6.07) is 6.63. The zero-order valence-electron chi connectivity index (χ0n) is 13.9. The summed E-state index contributed by atoms with van der Waals surface area (Å²) < 4.78 is 10.8. The Labute approximate surface area is 140 Å². The molecule has 0 bridgehead atoms. The Morgan fingerprint density at radius 2 is 1.75 bits per heavy atom. The van der Waals surface area contributed by atoms with Gasteiger partial charge in [0.05, 0.1) is 24.3 Å². The van der Waals surface area contributed by atoms with Gasteiger partial charge in [-0.15, -0.1) is 0 Å². The third-order valence-electron chi connectivity index (χ3n) is 3.85. The number of hydrogen-bond acceptors (Lipinski definition) is 5. The molecule has 0 N–H and O–H groups in total. The number of imide groups is 1. The van der Waals surface area contributed by atoms with Gasteiger partial charge < -0.3 is 9.47 Å². The van der Waals surface area contributed by atoms with Gasteiger partial charge >= 0.3 is 6.09 Å². The molecule has 1 saturated heterocycles. The van der Waals surface area contributed by atoms with Crippen molar-refractivity contribution >= 4 is 17.9 Å². The number of hydrogen-bond donors (Lipinski definition) is 0. The molecule has 2 heterocycles. The fraction of sp³-hybridized carbons (Fsp3) is 0.471. The largest absolute Gasteiger partial charge is 0.444 e. The van der Waals surface area contributed by atoms with Crippen LogP contribution in [0.5, 0.6) is 0 Å². The molecule has 3 amide bonds. The van der Waals surface area contributed by atoms with Gasteiger partial charge in [-0.25, -0.2) is 4.79 Å². The zero-order chi connectivity index (χ0) is 17.5. The summed E-state index contributed by atoms with van der Waals surface area (Å²) in [7, 11) is 0. The first-order chi connectivity index (χ1) is 11.3. The third kappa shape index (κ3) is 2.87. The molecule has 1 aromatic carbocycles. The number of fused-ring (bicyclic) bond motifs is 1. The maximum Gasteiger partial charge on any atom is 0.412 e. The van der Waals surface area contributed by atoms with Gasteiger partial charge in [-0.1, -0.05) is 12.1 Å². The number of amides is 3.